The number of hydrogen-bond acceptors (Lipinski definition) is 7. The van der Waals surface area contributed by atoms with Crippen molar-refractivity contribution in [2.24, 2.45) is 0 Å². The number of anilines is 1. The monoisotopic (exact) mass is 420 g/mol. The van der Waals surface area contributed by atoms with Crippen molar-refractivity contribution in [3.8, 4) is 5.75 Å². The molecule has 1 N–H and O–H groups in total. The summed E-state index contributed by atoms with van der Waals surface area (Å²) in [4.78, 5) is 21.1. The van der Waals surface area contributed by atoms with Gasteiger partial charge in [-0.1, -0.05) is 59.4 Å². The molecule has 0 saturated heterocycles. The lowest BCUT2D eigenvalue weighted by Gasteiger charge is -2.11. The molecular weight excluding hydrogens is 400 g/mol. The van der Waals surface area contributed by atoms with E-state index in [-0.39, 0.29) is 11.7 Å². The number of carbonyl (C=O) groups is 1. The lowest BCUT2D eigenvalue weighted by molar-refractivity contribution is -0.113. The molecule has 4 rings (SSSR count). The Hall–Kier alpha value is -3.46. The van der Waals surface area contributed by atoms with Gasteiger partial charge < -0.3 is 10.1 Å². The maximum Gasteiger partial charge on any atom is 0.234 e. The molecule has 1 amide bonds. The van der Waals surface area contributed by atoms with E-state index in [1.165, 1.54) is 18.1 Å². The first-order valence-electron chi connectivity index (χ1n) is 9.47. The Kier molecular flexibility index (Phi) is 6.19. The molecule has 0 aliphatic heterocycles. The van der Waals surface area contributed by atoms with Gasteiger partial charge in [0.1, 0.15) is 17.1 Å². The Bertz CT molecular complexity index is 1150. The second kappa shape index (κ2) is 9.36. The molecule has 0 aliphatic rings. The summed E-state index contributed by atoms with van der Waals surface area (Å²) in [5.74, 6) is 0.667. The van der Waals surface area contributed by atoms with Crippen LogP contribution in [0.2, 0.25) is 0 Å². The largest absolute Gasteiger partial charge is 0.492 e. The van der Waals surface area contributed by atoms with Gasteiger partial charge in [-0.2, -0.15) is 0 Å². The Morgan fingerprint density at radius 1 is 1.10 bits per heavy atom. The average Bonchev–Trinajstić information content (AvgIpc) is 3.18. The summed E-state index contributed by atoms with van der Waals surface area (Å²) >= 11 is 1.30. The minimum absolute atomic E-state index is 0.157. The topological polar surface area (TPSA) is 94.8 Å². The highest BCUT2D eigenvalue weighted by atomic mass is 32.2. The summed E-state index contributed by atoms with van der Waals surface area (Å²) in [6.07, 6.45) is 1.47. The predicted octanol–water partition coefficient (Wildman–Crippen LogP) is 3.40. The summed E-state index contributed by atoms with van der Waals surface area (Å²) < 4.78 is 7.28. The molecule has 152 valence electrons. The van der Waals surface area contributed by atoms with E-state index in [1.807, 2.05) is 61.5 Å². The third kappa shape index (κ3) is 4.57. The van der Waals surface area contributed by atoms with Crippen LogP contribution < -0.4 is 10.1 Å². The van der Waals surface area contributed by atoms with Gasteiger partial charge in [0.25, 0.3) is 0 Å². The van der Waals surface area contributed by atoms with Crippen LogP contribution >= 0.6 is 11.8 Å². The van der Waals surface area contributed by atoms with Gasteiger partial charge in [0.2, 0.25) is 5.91 Å². The van der Waals surface area contributed by atoms with Crippen molar-refractivity contribution >= 4 is 34.5 Å². The summed E-state index contributed by atoms with van der Waals surface area (Å²) in [6.45, 7) is 2.99. The van der Waals surface area contributed by atoms with Crippen LogP contribution in [0.15, 0.2) is 66.0 Å². The van der Waals surface area contributed by atoms with Crippen molar-refractivity contribution < 1.29 is 9.53 Å². The SMILES string of the molecule is CCOc1ccccc1NC(=O)CSc1ncnc2c1nnn2Cc1ccccc1. The number of benzene rings is 2. The Morgan fingerprint density at radius 2 is 1.90 bits per heavy atom. The highest BCUT2D eigenvalue weighted by Gasteiger charge is 2.14. The van der Waals surface area contributed by atoms with Gasteiger partial charge in [-0.25, -0.2) is 14.6 Å². The standard InChI is InChI=1S/C21H20N6O2S/c1-2-29-17-11-7-6-10-16(17)24-18(28)13-30-21-19-20(22-14-23-21)27(26-25-19)12-15-8-4-3-5-9-15/h3-11,14H,2,12-13H2,1H3,(H,24,28). The highest BCUT2D eigenvalue weighted by Crippen LogP contribution is 2.26. The predicted molar refractivity (Wildman–Crippen MR) is 116 cm³/mol. The lowest BCUT2D eigenvalue weighted by Crippen LogP contribution is -2.15. The van der Waals surface area contributed by atoms with Crippen LogP contribution in [0.1, 0.15) is 12.5 Å². The van der Waals surface area contributed by atoms with Crippen LogP contribution in [0.4, 0.5) is 5.69 Å². The second-order valence-electron chi connectivity index (χ2n) is 6.35. The van der Waals surface area contributed by atoms with E-state index in [0.717, 1.165) is 5.56 Å². The van der Waals surface area contributed by atoms with E-state index in [1.54, 1.807) is 4.68 Å². The zero-order chi connectivity index (χ0) is 20.8. The van der Waals surface area contributed by atoms with Crippen molar-refractivity contribution in [1.29, 1.82) is 0 Å². The molecule has 2 heterocycles. The number of ether oxygens (including phenoxy) is 1. The molecule has 2 aromatic carbocycles. The number of fused-ring (bicyclic) bond motifs is 1. The Balaban J connectivity index is 1.45. The van der Waals surface area contributed by atoms with Crippen LogP contribution in [0.25, 0.3) is 11.2 Å². The molecule has 0 saturated carbocycles. The van der Waals surface area contributed by atoms with E-state index in [2.05, 4.69) is 25.6 Å². The maximum absolute atomic E-state index is 12.5. The zero-order valence-electron chi connectivity index (χ0n) is 16.4. The number of hydrogen-bond donors (Lipinski definition) is 1. The first-order chi connectivity index (χ1) is 14.7. The minimum Gasteiger partial charge on any atom is -0.492 e. The number of para-hydroxylation sites is 2. The summed E-state index contributed by atoms with van der Waals surface area (Å²) in [5, 5.41) is 11.9. The van der Waals surface area contributed by atoms with E-state index >= 15 is 0 Å². The van der Waals surface area contributed by atoms with Gasteiger partial charge in [-0.3, -0.25) is 4.79 Å². The summed E-state index contributed by atoms with van der Waals surface area (Å²) in [6, 6.07) is 17.3. The molecule has 0 atom stereocenters. The van der Waals surface area contributed by atoms with E-state index in [0.29, 0.717) is 40.8 Å². The fourth-order valence-corrected chi connectivity index (χ4v) is 3.64. The molecule has 2 aromatic heterocycles. The minimum atomic E-state index is -0.157. The average molecular weight is 420 g/mol. The van der Waals surface area contributed by atoms with Crippen LogP contribution in [-0.2, 0) is 11.3 Å². The fraction of sp³-hybridized carbons (Fsp3) is 0.190. The van der Waals surface area contributed by atoms with Crippen molar-refractivity contribution in [2.75, 3.05) is 17.7 Å². The molecule has 9 heteroatoms. The van der Waals surface area contributed by atoms with Gasteiger partial charge in [0.05, 0.1) is 24.6 Å². The third-order valence-corrected chi connectivity index (χ3v) is 5.22. The first kappa shape index (κ1) is 19.8. The zero-order valence-corrected chi connectivity index (χ0v) is 17.2. The van der Waals surface area contributed by atoms with Crippen molar-refractivity contribution in [3.05, 3.63) is 66.5 Å². The van der Waals surface area contributed by atoms with E-state index < -0.39 is 0 Å². The first-order valence-corrected chi connectivity index (χ1v) is 10.5. The van der Waals surface area contributed by atoms with Gasteiger partial charge in [0.15, 0.2) is 11.2 Å². The molecule has 0 fully saturated rings. The summed E-state index contributed by atoms with van der Waals surface area (Å²) in [5.41, 5.74) is 2.97. The molecule has 30 heavy (non-hydrogen) atoms. The van der Waals surface area contributed by atoms with E-state index in [4.69, 9.17) is 4.74 Å². The summed E-state index contributed by atoms with van der Waals surface area (Å²) in [7, 11) is 0. The van der Waals surface area contributed by atoms with E-state index in [9.17, 15) is 4.79 Å². The van der Waals surface area contributed by atoms with Crippen LogP contribution in [0, 0.1) is 0 Å². The number of nitrogens with zero attached hydrogens (tertiary/aromatic N) is 5. The van der Waals surface area contributed by atoms with Crippen molar-refractivity contribution in [1.82, 2.24) is 25.0 Å². The molecule has 8 nitrogen and oxygen atoms in total. The highest BCUT2D eigenvalue weighted by molar-refractivity contribution is 8.00. The maximum atomic E-state index is 12.5. The molecule has 4 aromatic rings. The molecule has 0 aliphatic carbocycles. The molecular formula is C21H20N6O2S. The van der Waals surface area contributed by atoms with Crippen molar-refractivity contribution in [2.45, 2.75) is 18.5 Å². The number of carbonyl (C=O) groups excluding carboxylic acids is 1. The Morgan fingerprint density at radius 3 is 2.73 bits per heavy atom. The second-order valence-corrected chi connectivity index (χ2v) is 7.31. The van der Waals surface area contributed by atoms with Gasteiger partial charge in [-0.05, 0) is 24.6 Å². The Labute approximate surface area is 177 Å². The smallest absolute Gasteiger partial charge is 0.234 e. The fourth-order valence-electron chi connectivity index (χ4n) is 2.91. The quantitative estimate of drug-likeness (QED) is 0.345. The van der Waals surface area contributed by atoms with Crippen molar-refractivity contribution in [3.63, 3.8) is 0 Å². The molecule has 0 spiro atoms. The number of nitrogens with one attached hydrogen (secondary N) is 1. The third-order valence-electron chi connectivity index (χ3n) is 4.24. The van der Waals surface area contributed by atoms with Gasteiger partial charge in [0, 0.05) is 0 Å². The number of amides is 1. The number of thioether (sulfide) groups is 1. The van der Waals surface area contributed by atoms with Crippen LogP contribution in [0.5, 0.6) is 5.75 Å². The van der Waals surface area contributed by atoms with Gasteiger partial charge in [-0.15, -0.1) is 5.10 Å². The van der Waals surface area contributed by atoms with Gasteiger partial charge >= 0.3 is 0 Å². The normalized spacial score (nSPS) is 10.8. The lowest BCUT2D eigenvalue weighted by atomic mass is 10.2. The number of aromatic nitrogens is 5. The van der Waals surface area contributed by atoms with Crippen LogP contribution in [0.3, 0.4) is 0 Å². The molecule has 0 bridgehead atoms. The molecule has 0 unspecified atom stereocenters. The van der Waals surface area contributed by atoms with Crippen LogP contribution in [-0.4, -0.2) is 43.2 Å². The molecule has 0 radical (unpaired) electrons. The number of rotatable bonds is 8.